The summed E-state index contributed by atoms with van der Waals surface area (Å²) in [6, 6.07) is -0.412. The average Bonchev–Trinajstić information content (AvgIpc) is 2.77. The topological polar surface area (TPSA) is 109 Å². The standard InChI is InChI=1S/C11H19N5O3/c1-3-4-8(10(17)18)5-12-11(19)13-6-9-15-14-7-16(9)2/h7-8H,3-6H2,1-2H3,(H,17,18)(H2,12,13,19). The van der Waals surface area contributed by atoms with Crippen molar-refractivity contribution < 1.29 is 14.7 Å². The van der Waals surface area contributed by atoms with Gasteiger partial charge in [0.2, 0.25) is 0 Å². The number of carbonyl (C=O) groups excluding carboxylic acids is 1. The third kappa shape index (κ3) is 4.94. The van der Waals surface area contributed by atoms with Crippen LogP contribution in [0.5, 0.6) is 0 Å². The number of nitrogens with zero attached hydrogens (tertiary/aromatic N) is 3. The van der Waals surface area contributed by atoms with Crippen LogP contribution in [0.4, 0.5) is 4.79 Å². The van der Waals surface area contributed by atoms with Gasteiger partial charge < -0.3 is 20.3 Å². The molecule has 1 unspecified atom stereocenters. The number of aryl methyl sites for hydroxylation is 1. The summed E-state index contributed by atoms with van der Waals surface area (Å²) in [4.78, 5) is 22.4. The zero-order valence-corrected chi connectivity index (χ0v) is 11.1. The summed E-state index contributed by atoms with van der Waals surface area (Å²) in [7, 11) is 1.77. The molecule has 3 N–H and O–H groups in total. The Morgan fingerprint density at radius 1 is 1.47 bits per heavy atom. The van der Waals surface area contributed by atoms with Gasteiger partial charge in [-0.05, 0) is 6.42 Å². The van der Waals surface area contributed by atoms with E-state index in [1.807, 2.05) is 6.92 Å². The molecule has 0 aromatic carbocycles. The van der Waals surface area contributed by atoms with Crippen molar-refractivity contribution in [1.29, 1.82) is 0 Å². The molecule has 106 valence electrons. The molecule has 0 saturated heterocycles. The van der Waals surface area contributed by atoms with E-state index in [0.717, 1.165) is 6.42 Å². The maximum Gasteiger partial charge on any atom is 0.315 e. The summed E-state index contributed by atoms with van der Waals surface area (Å²) in [6.07, 6.45) is 2.84. The lowest BCUT2D eigenvalue weighted by atomic mass is 10.0. The third-order valence-corrected chi connectivity index (χ3v) is 2.71. The highest BCUT2D eigenvalue weighted by molar-refractivity contribution is 5.75. The molecule has 1 heterocycles. The average molecular weight is 269 g/mol. The van der Waals surface area contributed by atoms with Crippen LogP contribution in [-0.4, -0.2) is 38.4 Å². The zero-order chi connectivity index (χ0) is 14.3. The van der Waals surface area contributed by atoms with Gasteiger partial charge in [0.1, 0.15) is 6.33 Å². The second-order valence-electron chi connectivity index (χ2n) is 4.25. The molecule has 0 spiro atoms. The van der Waals surface area contributed by atoms with Crippen LogP contribution in [0, 0.1) is 5.92 Å². The van der Waals surface area contributed by atoms with Crippen LogP contribution >= 0.6 is 0 Å². The molecule has 0 aliphatic rings. The van der Waals surface area contributed by atoms with Crippen molar-refractivity contribution in [2.45, 2.75) is 26.3 Å². The fraction of sp³-hybridized carbons (Fsp3) is 0.636. The molecule has 0 saturated carbocycles. The molecule has 0 aliphatic carbocycles. The first-order valence-corrected chi connectivity index (χ1v) is 6.12. The monoisotopic (exact) mass is 269 g/mol. The highest BCUT2D eigenvalue weighted by atomic mass is 16.4. The molecule has 8 nitrogen and oxygen atoms in total. The molecular weight excluding hydrogens is 250 g/mol. The number of urea groups is 1. The molecule has 19 heavy (non-hydrogen) atoms. The van der Waals surface area contributed by atoms with Gasteiger partial charge in [-0.1, -0.05) is 13.3 Å². The van der Waals surface area contributed by atoms with Crippen LogP contribution in [-0.2, 0) is 18.4 Å². The van der Waals surface area contributed by atoms with Gasteiger partial charge >= 0.3 is 12.0 Å². The number of carbonyl (C=O) groups is 2. The fourth-order valence-electron chi connectivity index (χ4n) is 1.57. The minimum atomic E-state index is -0.893. The Morgan fingerprint density at radius 3 is 2.74 bits per heavy atom. The molecule has 1 aromatic heterocycles. The smallest absolute Gasteiger partial charge is 0.315 e. The van der Waals surface area contributed by atoms with Crippen molar-refractivity contribution in [2.75, 3.05) is 6.54 Å². The number of amides is 2. The molecule has 1 atom stereocenters. The molecular formula is C11H19N5O3. The van der Waals surface area contributed by atoms with Gasteiger partial charge in [0.25, 0.3) is 0 Å². The summed E-state index contributed by atoms with van der Waals surface area (Å²) in [5, 5.41) is 21.6. The van der Waals surface area contributed by atoms with Gasteiger partial charge in [-0.25, -0.2) is 4.79 Å². The Kier molecular flexibility index (Phi) is 5.77. The molecule has 0 fully saturated rings. The van der Waals surface area contributed by atoms with Crippen LogP contribution in [0.2, 0.25) is 0 Å². The Morgan fingerprint density at radius 2 is 2.21 bits per heavy atom. The number of carboxylic acid groups (broad SMARTS) is 1. The first-order chi connectivity index (χ1) is 9.04. The van der Waals surface area contributed by atoms with Crippen molar-refractivity contribution in [3.8, 4) is 0 Å². The maximum absolute atomic E-state index is 11.5. The van der Waals surface area contributed by atoms with Crippen LogP contribution in [0.15, 0.2) is 6.33 Å². The Balaban J connectivity index is 2.31. The normalized spacial score (nSPS) is 11.9. The molecule has 2 amide bonds. The predicted octanol–water partition coefficient (Wildman–Crippen LogP) is 0.115. The molecule has 0 aliphatic heterocycles. The second-order valence-corrected chi connectivity index (χ2v) is 4.25. The molecule has 8 heteroatoms. The SMILES string of the molecule is CCCC(CNC(=O)NCc1nncn1C)C(=O)O. The molecule has 0 bridgehead atoms. The van der Waals surface area contributed by atoms with E-state index in [1.54, 1.807) is 11.6 Å². The number of carboxylic acids is 1. The lowest BCUT2D eigenvalue weighted by Crippen LogP contribution is -2.39. The summed E-state index contributed by atoms with van der Waals surface area (Å²) in [5.41, 5.74) is 0. The molecule has 1 aromatic rings. The van der Waals surface area contributed by atoms with Crippen molar-refractivity contribution >= 4 is 12.0 Å². The summed E-state index contributed by atoms with van der Waals surface area (Å²) >= 11 is 0. The van der Waals surface area contributed by atoms with E-state index < -0.39 is 17.9 Å². The van der Waals surface area contributed by atoms with E-state index in [9.17, 15) is 9.59 Å². The first kappa shape index (κ1) is 14.9. The molecule has 1 rings (SSSR count). The fourth-order valence-corrected chi connectivity index (χ4v) is 1.57. The van der Waals surface area contributed by atoms with Gasteiger partial charge in [-0.3, -0.25) is 4.79 Å². The predicted molar refractivity (Wildman–Crippen MR) is 67.3 cm³/mol. The third-order valence-electron chi connectivity index (χ3n) is 2.71. The highest BCUT2D eigenvalue weighted by Gasteiger charge is 2.17. The Bertz CT molecular complexity index is 432. The van der Waals surface area contributed by atoms with Crippen molar-refractivity contribution in [3.05, 3.63) is 12.2 Å². The van der Waals surface area contributed by atoms with E-state index in [4.69, 9.17) is 5.11 Å². The van der Waals surface area contributed by atoms with Gasteiger partial charge in [0.05, 0.1) is 12.5 Å². The number of hydrogen-bond acceptors (Lipinski definition) is 4. The lowest BCUT2D eigenvalue weighted by Gasteiger charge is -2.12. The van der Waals surface area contributed by atoms with Crippen molar-refractivity contribution in [2.24, 2.45) is 13.0 Å². The van der Waals surface area contributed by atoms with E-state index in [0.29, 0.717) is 12.2 Å². The number of aliphatic carboxylic acids is 1. The highest BCUT2D eigenvalue weighted by Crippen LogP contribution is 2.04. The summed E-state index contributed by atoms with van der Waals surface area (Å²) in [5.74, 6) is -0.820. The first-order valence-electron chi connectivity index (χ1n) is 6.12. The van der Waals surface area contributed by atoms with Crippen molar-refractivity contribution in [3.63, 3.8) is 0 Å². The van der Waals surface area contributed by atoms with Crippen LogP contribution in [0.1, 0.15) is 25.6 Å². The minimum absolute atomic E-state index is 0.119. The minimum Gasteiger partial charge on any atom is -0.481 e. The van der Waals surface area contributed by atoms with E-state index in [2.05, 4.69) is 20.8 Å². The number of aromatic nitrogens is 3. The summed E-state index contributed by atoms with van der Waals surface area (Å²) in [6.45, 7) is 2.27. The largest absolute Gasteiger partial charge is 0.481 e. The van der Waals surface area contributed by atoms with Gasteiger partial charge in [0.15, 0.2) is 5.82 Å². The van der Waals surface area contributed by atoms with Crippen LogP contribution < -0.4 is 10.6 Å². The van der Waals surface area contributed by atoms with Crippen LogP contribution in [0.25, 0.3) is 0 Å². The molecule has 0 radical (unpaired) electrons. The number of nitrogens with one attached hydrogen (secondary N) is 2. The second kappa shape index (κ2) is 7.34. The van der Waals surface area contributed by atoms with Crippen molar-refractivity contribution in [1.82, 2.24) is 25.4 Å². The number of rotatable bonds is 7. The van der Waals surface area contributed by atoms with Gasteiger partial charge in [-0.15, -0.1) is 10.2 Å². The quantitative estimate of drug-likeness (QED) is 0.651. The zero-order valence-electron chi connectivity index (χ0n) is 11.1. The number of hydrogen-bond donors (Lipinski definition) is 3. The van der Waals surface area contributed by atoms with Crippen LogP contribution in [0.3, 0.4) is 0 Å². The Hall–Kier alpha value is -2.12. The summed E-state index contributed by atoms with van der Waals surface area (Å²) < 4.78 is 1.69. The van der Waals surface area contributed by atoms with E-state index in [-0.39, 0.29) is 13.1 Å². The van der Waals surface area contributed by atoms with E-state index in [1.165, 1.54) is 6.33 Å². The maximum atomic E-state index is 11.5. The van der Waals surface area contributed by atoms with E-state index >= 15 is 0 Å². The van der Waals surface area contributed by atoms with Gasteiger partial charge in [-0.2, -0.15) is 0 Å². The Labute approximate surface area is 111 Å². The lowest BCUT2D eigenvalue weighted by molar-refractivity contribution is -0.141. The van der Waals surface area contributed by atoms with Gasteiger partial charge in [0, 0.05) is 13.6 Å².